The molecule has 1 fully saturated rings. The highest BCUT2D eigenvalue weighted by Gasteiger charge is 2.49. The third-order valence-corrected chi connectivity index (χ3v) is 5.25. The molecule has 0 unspecified atom stereocenters. The van der Waals surface area contributed by atoms with Gasteiger partial charge in [-0.15, -0.1) is 12.6 Å². The third-order valence-electron chi connectivity index (χ3n) is 4.84. The van der Waals surface area contributed by atoms with Gasteiger partial charge in [0.25, 0.3) is 0 Å². The standard InChI is InChI=1S/C24H24O5S/c25-16-20-21(26-17-10-4-1-5-11-17)22(27-18-12-6-2-7-13-18)23(24(30)29-20)28-19-14-8-3-9-15-19/h1-15,20-25,30H,16H2/t20-,21+,22+,23-,24-/m1/s1. The minimum absolute atomic E-state index is 0.235. The Labute approximate surface area is 181 Å². The van der Waals surface area contributed by atoms with Gasteiger partial charge in [-0.2, -0.15) is 0 Å². The molecule has 0 aromatic heterocycles. The molecule has 0 aliphatic carbocycles. The Balaban J connectivity index is 1.67. The molecule has 0 radical (unpaired) electrons. The van der Waals surface area contributed by atoms with E-state index in [-0.39, 0.29) is 6.61 Å². The fraction of sp³-hybridized carbons (Fsp3) is 0.250. The molecule has 156 valence electrons. The summed E-state index contributed by atoms with van der Waals surface area (Å²) in [5, 5.41) is 9.98. The van der Waals surface area contributed by atoms with E-state index in [0.29, 0.717) is 17.2 Å². The maximum atomic E-state index is 9.98. The third kappa shape index (κ3) is 4.90. The van der Waals surface area contributed by atoms with Crippen molar-refractivity contribution < 1.29 is 24.1 Å². The van der Waals surface area contributed by atoms with Gasteiger partial charge in [-0.3, -0.25) is 0 Å². The van der Waals surface area contributed by atoms with Crippen LogP contribution in [0.2, 0.25) is 0 Å². The van der Waals surface area contributed by atoms with Crippen molar-refractivity contribution in [1.29, 1.82) is 0 Å². The highest BCUT2D eigenvalue weighted by Crippen LogP contribution is 2.32. The van der Waals surface area contributed by atoms with Gasteiger partial charge in [-0.1, -0.05) is 54.6 Å². The molecule has 30 heavy (non-hydrogen) atoms. The first-order chi connectivity index (χ1) is 14.7. The van der Waals surface area contributed by atoms with Gasteiger partial charge in [0.2, 0.25) is 0 Å². The zero-order valence-electron chi connectivity index (χ0n) is 16.3. The van der Waals surface area contributed by atoms with Crippen molar-refractivity contribution in [2.45, 2.75) is 29.9 Å². The van der Waals surface area contributed by atoms with E-state index in [2.05, 4.69) is 12.6 Å². The lowest BCUT2D eigenvalue weighted by molar-refractivity contribution is -0.183. The molecule has 6 heteroatoms. The molecule has 3 aromatic rings. The summed E-state index contributed by atoms with van der Waals surface area (Å²) in [6.45, 7) is -0.235. The number of thiol groups is 1. The summed E-state index contributed by atoms with van der Waals surface area (Å²) < 4.78 is 24.8. The van der Waals surface area contributed by atoms with E-state index in [9.17, 15) is 5.11 Å². The summed E-state index contributed by atoms with van der Waals surface area (Å²) in [5.74, 6) is 2.00. The Hall–Kier alpha value is -2.67. The van der Waals surface area contributed by atoms with Crippen molar-refractivity contribution in [1.82, 2.24) is 0 Å². The first-order valence-corrected chi connectivity index (χ1v) is 10.4. The highest BCUT2D eigenvalue weighted by molar-refractivity contribution is 7.80. The largest absolute Gasteiger partial charge is 0.484 e. The number of hydrogen-bond acceptors (Lipinski definition) is 6. The van der Waals surface area contributed by atoms with E-state index in [4.69, 9.17) is 18.9 Å². The molecule has 1 heterocycles. The quantitative estimate of drug-likeness (QED) is 0.562. The molecule has 1 N–H and O–H groups in total. The summed E-state index contributed by atoms with van der Waals surface area (Å²) in [6, 6.07) is 28.3. The van der Waals surface area contributed by atoms with Gasteiger partial charge < -0.3 is 24.1 Å². The minimum Gasteiger partial charge on any atom is -0.484 e. The molecule has 4 rings (SSSR count). The van der Waals surface area contributed by atoms with Gasteiger partial charge in [0.1, 0.15) is 28.8 Å². The molecular weight excluding hydrogens is 400 g/mol. The molecule has 0 spiro atoms. The number of benzene rings is 3. The number of aliphatic hydroxyl groups excluding tert-OH is 1. The van der Waals surface area contributed by atoms with Crippen LogP contribution in [0.25, 0.3) is 0 Å². The maximum Gasteiger partial charge on any atom is 0.178 e. The van der Waals surface area contributed by atoms with Gasteiger partial charge in [-0.25, -0.2) is 0 Å². The predicted octanol–water partition coefficient (Wildman–Crippen LogP) is 3.98. The van der Waals surface area contributed by atoms with Crippen LogP contribution in [0, 0.1) is 0 Å². The highest BCUT2D eigenvalue weighted by atomic mass is 32.1. The van der Waals surface area contributed by atoms with E-state index >= 15 is 0 Å². The van der Waals surface area contributed by atoms with Gasteiger partial charge in [0.15, 0.2) is 18.3 Å². The van der Waals surface area contributed by atoms with Crippen LogP contribution in [0.5, 0.6) is 17.2 Å². The molecule has 5 atom stereocenters. The van der Waals surface area contributed by atoms with Crippen molar-refractivity contribution in [3.8, 4) is 17.2 Å². The van der Waals surface area contributed by atoms with Crippen LogP contribution in [-0.2, 0) is 4.74 Å². The Morgan fingerprint density at radius 1 is 0.633 bits per heavy atom. The molecule has 0 amide bonds. The predicted molar refractivity (Wildman–Crippen MR) is 117 cm³/mol. The van der Waals surface area contributed by atoms with Crippen LogP contribution in [0.15, 0.2) is 91.0 Å². The van der Waals surface area contributed by atoms with Crippen LogP contribution in [0.3, 0.4) is 0 Å². The Kier molecular flexibility index (Phi) is 6.79. The van der Waals surface area contributed by atoms with Crippen molar-refractivity contribution in [2.24, 2.45) is 0 Å². The van der Waals surface area contributed by atoms with E-state index in [0.717, 1.165) is 0 Å². The number of para-hydroxylation sites is 3. The summed E-state index contributed by atoms with van der Waals surface area (Å²) in [6.07, 6.45) is -2.40. The maximum absolute atomic E-state index is 9.98. The monoisotopic (exact) mass is 424 g/mol. The van der Waals surface area contributed by atoms with Crippen LogP contribution in [0.1, 0.15) is 0 Å². The normalized spacial score (nSPS) is 26.0. The second-order valence-electron chi connectivity index (χ2n) is 6.93. The Morgan fingerprint density at radius 2 is 1.03 bits per heavy atom. The van der Waals surface area contributed by atoms with Crippen LogP contribution in [0.4, 0.5) is 0 Å². The van der Waals surface area contributed by atoms with E-state index < -0.39 is 29.9 Å². The molecular formula is C24H24O5S. The van der Waals surface area contributed by atoms with Gasteiger partial charge >= 0.3 is 0 Å². The summed E-state index contributed by atoms with van der Waals surface area (Å²) >= 11 is 4.60. The van der Waals surface area contributed by atoms with E-state index in [1.807, 2.05) is 91.0 Å². The molecule has 1 aliphatic heterocycles. The van der Waals surface area contributed by atoms with Crippen LogP contribution >= 0.6 is 12.6 Å². The topological polar surface area (TPSA) is 57.2 Å². The first-order valence-electron chi connectivity index (χ1n) is 9.84. The first kappa shape index (κ1) is 20.6. The van der Waals surface area contributed by atoms with Gasteiger partial charge in [0.05, 0.1) is 6.61 Å². The average molecular weight is 425 g/mol. The number of rotatable bonds is 7. The Morgan fingerprint density at radius 3 is 1.47 bits per heavy atom. The van der Waals surface area contributed by atoms with Crippen molar-refractivity contribution in [3.63, 3.8) is 0 Å². The molecule has 0 saturated carbocycles. The second kappa shape index (κ2) is 9.89. The summed E-state index contributed by atoms with van der Waals surface area (Å²) in [7, 11) is 0. The molecule has 1 aliphatic rings. The number of ether oxygens (including phenoxy) is 4. The molecule has 0 bridgehead atoms. The SMILES string of the molecule is OC[C@H]1O[C@H](S)[C@H](Oc2ccccc2)[C@@H](Oc2ccccc2)[C@H]1Oc1ccccc1. The molecule has 5 nitrogen and oxygen atoms in total. The second-order valence-corrected chi connectivity index (χ2v) is 7.44. The van der Waals surface area contributed by atoms with E-state index in [1.54, 1.807) is 0 Å². The zero-order valence-corrected chi connectivity index (χ0v) is 17.2. The van der Waals surface area contributed by atoms with Gasteiger partial charge in [-0.05, 0) is 36.4 Å². The van der Waals surface area contributed by atoms with Crippen molar-refractivity contribution in [2.75, 3.05) is 6.61 Å². The summed E-state index contributed by atoms with van der Waals surface area (Å²) in [4.78, 5) is 0. The molecule has 3 aromatic carbocycles. The Bertz CT molecular complexity index is 893. The summed E-state index contributed by atoms with van der Waals surface area (Å²) in [5.41, 5.74) is -0.619. The van der Waals surface area contributed by atoms with Crippen LogP contribution < -0.4 is 14.2 Å². The fourth-order valence-corrected chi connectivity index (χ4v) is 3.80. The van der Waals surface area contributed by atoms with Crippen molar-refractivity contribution in [3.05, 3.63) is 91.0 Å². The van der Waals surface area contributed by atoms with Gasteiger partial charge in [0, 0.05) is 0 Å². The lowest BCUT2D eigenvalue weighted by Gasteiger charge is -2.44. The fourth-order valence-electron chi connectivity index (χ4n) is 3.41. The average Bonchev–Trinajstić information content (AvgIpc) is 2.80. The zero-order chi connectivity index (χ0) is 20.8. The lowest BCUT2D eigenvalue weighted by atomic mass is 9.99. The minimum atomic E-state index is -0.628. The van der Waals surface area contributed by atoms with Crippen LogP contribution in [-0.4, -0.2) is 41.6 Å². The van der Waals surface area contributed by atoms with E-state index in [1.165, 1.54) is 0 Å². The molecule has 1 saturated heterocycles. The number of aliphatic hydroxyl groups is 1. The lowest BCUT2D eigenvalue weighted by Crippen LogP contribution is -2.63. The number of hydrogen-bond donors (Lipinski definition) is 2. The smallest absolute Gasteiger partial charge is 0.178 e. The van der Waals surface area contributed by atoms with Crippen molar-refractivity contribution >= 4 is 12.6 Å².